The van der Waals surface area contributed by atoms with Gasteiger partial charge in [0.25, 0.3) is 0 Å². The minimum absolute atomic E-state index is 0.684. The van der Waals surface area contributed by atoms with Gasteiger partial charge < -0.3 is 9.64 Å². The predicted octanol–water partition coefficient (Wildman–Crippen LogP) is 1.94. The summed E-state index contributed by atoms with van der Waals surface area (Å²) in [5, 5.41) is 0. The molecule has 3 rings (SSSR count). The molecule has 2 aliphatic rings. The van der Waals surface area contributed by atoms with Crippen LogP contribution in [0.15, 0.2) is 12.4 Å². The molecule has 5 nitrogen and oxygen atoms in total. The van der Waals surface area contributed by atoms with Crippen LogP contribution < -0.4 is 4.90 Å². The Labute approximate surface area is 127 Å². The van der Waals surface area contributed by atoms with Crippen LogP contribution in [0.25, 0.3) is 0 Å². The van der Waals surface area contributed by atoms with Crippen molar-refractivity contribution in [3.05, 3.63) is 18.0 Å². The molecule has 116 valence electrons. The first-order chi connectivity index (χ1) is 10.3. The van der Waals surface area contributed by atoms with E-state index < -0.39 is 0 Å². The lowest BCUT2D eigenvalue weighted by Gasteiger charge is -2.26. The number of hydrogen-bond acceptors (Lipinski definition) is 5. The maximum absolute atomic E-state index is 5.25. The van der Waals surface area contributed by atoms with Crippen LogP contribution >= 0.6 is 0 Å². The van der Waals surface area contributed by atoms with Crippen molar-refractivity contribution in [2.45, 2.75) is 32.2 Å². The van der Waals surface area contributed by atoms with Gasteiger partial charge in [0.05, 0.1) is 6.61 Å². The van der Waals surface area contributed by atoms with Gasteiger partial charge in [0.15, 0.2) is 0 Å². The number of nitrogens with zero attached hydrogens (tertiary/aromatic N) is 4. The molecule has 0 saturated carbocycles. The minimum atomic E-state index is 0.684. The molecule has 1 aromatic heterocycles. The van der Waals surface area contributed by atoms with E-state index in [-0.39, 0.29) is 0 Å². The second-order valence-electron chi connectivity index (χ2n) is 6.28. The van der Waals surface area contributed by atoms with Gasteiger partial charge in [-0.3, -0.25) is 4.90 Å². The van der Waals surface area contributed by atoms with Crippen molar-refractivity contribution in [2.24, 2.45) is 5.92 Å². The number of likely N-dealkylation sites (tertiary alicyclic amines) is 1. The first-order valence-corrected chi connectivity index (χ1v) is 8.12. The minimum Gasteiger partial charge on any atom is -0.384 e. The number of anilines is 1. The van der Waals surface area contributed by atoms with Crippen LogP contribution in [0.1, 0.15) is 31.2 Å². The zero-order valence-corrected chi connectivity index (χ0v) is 13.0. The average Bonchev–Trinajstić information content (AvgIpc) is 2.97. The fraction of sp³-hybridized carbons (Fsp3) is 0.750. The molecule has 1 atom stereocenters. The van der Waals surface area contributed by atoms with Crippen molar-refractivity contribution in [1.29, 1.82) is 0 Å². The SMILES string of the molecule is COCC1CCN(Cc2cnc(N3CCCCC3)nc2)C1. The van der Waals surface area contributed by atoms with Crippen LogP contribution in [0, 0.1) is 5.92 Å². The standard InChI is InChI=1S/C16H26N4O/c1-21-13-14-5-8-19(11-14)12-15-9-17-16(18-10-15)20-6-3-2-4-7-20/h9-10,14H,2-8,11-13H2,1H3. The number of aromatic nitrogens is 2. The Hall–Kier alpha value is -1.20. The molecule has 0 amide bonds. The van der Waals surface area contributed by atoms with Crippen LogP contribution in [0.4, 0.5) is 5.95 Å². The number of ether oxygens (including phenoxy) is 1. The van der Waals surface area contributed by atoms with Gasteiger partial charge in [-0.05, 0) is 38.1 Å². The summed E-state index contributed by atoms with van der Waals surface area (Å²) in [5.41, 5.74) is 1.22. The Kier molecular flexibility index (Phi) is 5.04. The summed E-state index contributed by atoms with van der Waals surface area (Å²) in [6.45, 7) is 6.32. The summed E-state index contributed by atoms with van der Waals surface area (Å²) >= 11 is 0. The lowest BCUT2D eigenvalue weighted by atomic mass is 10.1. The van der Waals surface area contributed by atoms with E-state index in [1.54, 1.807) is 7.11 Å². The van der Waals surface area contributed by atoms with Gasteiger partial charge in [0.2, 0.25) is 5.95 Å². The van der Waals surface area contributed by atoms with Gasteiger partial charge in [0.1, 0.15) is 0 Å². The molecule has 1 unspecified atom stereocenters. The second kappa shape index (κ2) is 7.18. The molecule has 1 aromatic rings. The summed E-state index contributed by atoms with van der Waals surface area (Å²) < 4.78 is 5.25. The number of rotatable bonds is 5. The maximum atomic E-state index is 5.25. The fourth-order valence-corrected chi connectivity index (χ4v) is 3.37. The zero-order valence-electron chi connectivity index (χ0n) is 13.0. The molecular weight excluding hydrogens is 264 g/mol. The van der Waals surface area contributed by atoms with E-state index in [1.165, 1.54) is 31.2 Å². The molecule has 3 heterocycles. The Morgan fingerprint density at radius 1 is 1.14 bits per heavy atom. The number of piperidine rings is 1. The van der Waals surface area contributed by atoms with Gasteiger partial charge in [-0.15, -0.1) is 0 Å². The Bertz CT molecular complexity index is 430. The van der Waals surface area contributed by atoms with Crippen molar-refractivity contribution in [3.63, 3.8) is 0 Å². The molecule has 0 N–H and O–H groups in total. The highest BCUT2D eigenvalue weighted by Crippen LogP contribution is 2.19. The first kappa shape index (κ1) is 14.7. The second-order valence-corrected chi connectivity index (χ2v) is 6.28. The molecule has 2 fully saturated rings. The van der Waals surface area contributed by atoms with E-state index in [1.807, 2.05) is 12.4 Å². The van der Waals surface area contributed by atoms with Crippen LogP contribution in [0.5, 0.6) is 0 Å². The third-order valence-corrected chi connectivity index (χ3v) is 4.51. The molecule has 21 heavy (non-hydrogen) atoms. The first-order valence-electron chi connectivity index (χ1n) is 8.12. The zero-order chi connectivity index (χ0) is 14.5. The molecular formula is C16H26N4O. The lowest BCUT2D eigenvalue weighted by molar-refractivity contribution is 0.152. The average molecular weight is 290 g/mol. The highest BCUT2D eigenvalue weighted by atomic mass is 16.5. The lowest BCUT2D eigenvalue weighted by Crippen LogP contribution is -2.31. The van der Waals surface area contributed by atoms with Crippen molar-refractivity contribution in [1.82, 2.24) is 14.9 Å². The van der Waals surface area contributed by atoms with Crippen LogP contribution in [0.2, 0.25) is 0 Å². The van der Waals surface area contributed by atoms with Gasteiger partial charge in [-0.1, -0.05) is 0 Å². The summed E-state index contributed by atoms with van der Waals surface area (Å²) in [6.07, 6.45) is 9.10. The number of hydrogen-bond donors (Lipinski definition) is 0. The van der Waals surface area contributed by atoms with Crippen molar-refractivity contribution in [2.75, 3.05) is 44.8 Å². The molecule has 0 spiro atoms. The third kappa shape index (κ3) is 3.92. The molecule has 0 radical (unpaired) electrons. The van der Waals surface area contributed by atoms with Crippen LogP contribution in [-0.2, 0) is 11.3 Å². The van der Waals surface area contributed by atoms with Gasteiger partial charge in [-0.25, -0.2) is 9.97 Å². The maximum Gasteiger partial charge on any atom is 0.225 e. The quantitative estimate of drug-likeness (QED) is 0.829. The predicted molar refractivity (Wildman–Crippen MR) is 83.4 cm³/mol. The van der Waals surface area contributed by atoms with Gasteiger partial charge in [0, 0.05) is 51.2 Å². The van der Waals surface area contributed by atoms with Gasteiger partial charge >= 0.3 is 0 Å². The van der Waals surface area contributed by atoms with Crippen LogP contribution in [0.3, 0.4) is 0 Å². The van der Waals surface area contributed by atoms with E-state index in [0.29, 0.717) is 5.92 Å². The molecule has 0 aromatic carbocycles. The van der Waals surface area contributed by atoms with E-state index in [0.717, 1.165) is 45.3 Å². The Morgan fingerprint density at radius 2 is 1.90 bits per heavy atom. The smallest absolute Gasteiger partial charge is 0.225 e. The van der Waals surface area contributed by atoms with Crippen molar-refractivity contribution >= 4 is 5.95 Å². The molecule has 2 saturated heterocycles. The third-order valence-electron chi connectivity index (χ3n) is 4.51. The summed E-state index contributed by atoms with van der Waals surface area (Å²) in [5.74, 6) is 1.58. The summed E-state index contributed by atoms with van der Waals surface area (Å²) in [7, 11) is 1.79. The molecule has 2 aliphatic heterocycles. The monoisotopic (exact) mass is 290 g/mol. The summed E-state index contributed by atoms with van der Waals surface area (Å²) in [6, 6.07) is 0. The Morgan fingerprint density at radius 3 is 2.62 bits per heavy atom. The largest absolute Gasteiger partial charge is 0.384 e. The van der Waals surface area contributed by atoms with Crippen LogP contribution in [-0.4, -0.2) is 54.8 Å². The van der Waals surface area contributed by atoms with E-state index in [9.17, 15) is 0 Å². The Balaban J connectivity index is 1.52. The highest BCUT2D eigenvalue weighted by Gasteiger charge is 2.22. The van der Waals surface area contributed by atoms with Crippen molar-refractivity contribution in [3.8, 4) is 0 Å². The highest BCUT2D eigenvalue weighted by molar-refractivity contribution is 5.30. The normalized spacial score (nSPS) is 23.7. The summed E-state index contributed by atoms with van der Waals surface area (Å²) in [4.78, 5) is 13.9. The van der Waals surface area contributed by atoms with Crippen molar-refractivity contribution < 1.29 is 4.74 Å². The topological polar surface area (TPSA) is 41.5 Å². The molecule has 5 heteroatoms. The van der Waals surface area contributed by atoms with E-state index >= 15 is 0 Å². The molecule has 0 bridgehead atoms. The van der Waals surface area contributed by atoms with Gasteiger partial charge in [-0.2, -0.15) is 0 Å². The number of methoxy groups -OCH3 is 1. The van der Waals surface area contributed by atoms with E-state index in [4.69, 9.17) is 4.74 Å². The van der Waals surface area contributed by atoms with E-state index in [2.05, 4.69) is 19.8 Å². The molecule has 0 aliphatic carbocycles. The fourth-order valence-electron chi connectivity index (χ4n) is 3.37.